The summed E-state index contributed by atoms with van der Waals surface area (Å²) in [6, 6.07) is 5.69. The van der Waals surface area contributed by atoms with Crippen LogP contribution in [0.1, 0.15) is 46.0 Å². The maximum absolute atomic E-state index is 14.3. The lowest BCUT2D eigenvalue weighted by atomic mass is 9.77. The van der Waals surface area contributed by atoms with Gasteiger partial charge in [0.05, 0.1) is 16.9 Å². The van der Waals surface area contributed by atoms with Gasteiger partial charge < -0.3 is 10.2 Å². The number of rotatable bonds is 1. The summed E-state index contributed by atoms with van der Waals surface area (Å²) in [5.74, 6) is -0.0941. The molecule has 104 valence electrons. The first kappa shape index (κ1) is 12.8. The molecule has 2 nitrogen and oxygen atoms in total. The summed E-state index contributed by atoms with van der Waals surface area (Å²) in [5.41, 5.74) is 1.84. The van der Waals surface area contributed by atoms with Crippen molar-refractivity contribution in [2.24, 2.45) is 0 Å². The van der Waals surface area contributed by atoms with Crippen molar-refractivity contribution in [2.45, 2.75) is 57.5 Å². The Labute approximate surface area is 115 Å². The largest absolute Gasteiger partial charge is 0.381 e. The fraction of sp³-hybridized carbons (Fsp3) is 0.625. The summed E-state index contributed by atoms with van der Waals surface area (Å²) in [7, 11) is 0. The van der Waals surface area contributed by atoms with E-state index >= 15 is 0 Å². The van der Waals surface area contributed by atoms with Gasteiger partial charge >= 0.3 is 0 Å². The Kier molecular flexibility index (Phi) is 3.15. The van der Waals surface area contributed by atoms with E-state index in [1.807, 2.05) is 6.07 Å². The highest BCUT2D eigenvalue weighted by molar-refractivity contribution is 5.75. The van der Waals surface area contributed by atoms with Crippen LogP contribution < -0.4 is 10.2 Å². The molecule has 1 fully saturated rings. The predicted molar refractivity (Wildman–Crippen MR) is 78.3 cm³/mol. The van der Waals surface area contributed by atoms with Gasteiger partial charge in [0, 0.05) is 12.6 Å². The fourth-order valence-corrected chi connectivity index (χ4v) is 3.92. The van der Waals surface area contributed by atoms with Crippen molar-refractivity contribution in [1.29, 1.82) is 0 Å². The summed E-state index contributed by atoms with van der Waals surface area (Å²) < 4.78 is 14.3. The first-order chi connectivity index (χ1) is 9.14. The zero-order valence-electron chi connectivity index (χ0n) is 11.9. The summed E-state index contributed by atoms with van der Waals surface area (Å²) in [4.78, 5) is 2.35. The van der Waals surface area contributed by atoms with Crippen molar-refractivity contribution >= 4 is 11.4 Å². The normalized spacial score (nSPS) is 21.4. The molecular formula is C16H23FN2. The quantitative estimate of drug-likeness (QED) is 0.817. The molecule has 1 spiro atoms. The number of nitrogens with zero attached hydrogens (tertiary/aromatic N) is 1. The maximum Gasteiger partial charge on any atom is 0.148 e. The Morgan fingerprint density at radius 3 is 2.63 bits per heavy atom. The minimum atomic E-state index is -0.0941. The van der Waals surface area contributed by atoms with Crippen LogP contribution in [0.2, 0.25) is 0 Å². The van der Waals surface area contributed by atoms with Crippen LogP contribution in [0.25, 0.3) is 0 Å². The van der Waals surface area contributed by atoms with Crippen LogP contribution in [0, 0.1) is 5.82 Å². The van der Waals surface area contributed by atoms with E-state index in [1.54, 1.807) is 12.1 Å². The Morgan fingerprint density at radius 1 is 1.21 bits per heavy atom. The number of fused-ring (bicyclic) bond motifs is 1. The SMILES string of the molecule is CC(C)N1c2c(F)cccc2NCC12CCCCC2. The number of para-hydroxylation sites is 1. The Balaban J connectivity index is 2.09. The summed E-state index contributed by atoms with van der Waals surface area (Å²) in [6.45, 7) is 5.30. The second-order valence-electron chi connectivity index (χ2n) is 6.24. The van der Waals surface area contributed by atoms with E-state index in [4.69, 9.17) is 0 Å². The monoisotopic (exact) mass is 262 g/mol. The van der Waals surface area contributed by atoms with Gasteiger partial charge in [-0.25, -0.2) is 4.39 Å². The molecule has 2 aliphatic rings. The van der Waals surface area contributed by atoms with E-state index in [9.17, 15) is 4.39 Å². The fourth-order valence-electron chi connectivity index (χ4n) is 3.92. The summed E-state index contributed by atoms with van der Waals surface area (Å²) in [6.07, 6.45) is 6.18. The third-order valence-electron chi connectivity index (χ3n) is 4.65. The van der Waals surface area contributed by atoms with Crippen molar-refractivity contribution < 1.29 is 4.39 Å². The van der Waals surface area contributed by atoms with Crippen LogP contribution in [0.5, 0.6) is 0 Å². The minimum Gasteiger partial charge on any atom is -0.381 e. The molecule has 3 rings (SSSR count). The van der Waals surface area contributed by atoms with Crippen LogP contribution in [0.15, 0.2) is 18.2 Å². The Hall–Kier alpha value is -1.25. The highest BCUT2D eigenvalue weighted by Crippen LogP contribution is 2.45. The first-order valence-corrected chi connectivity index (χ1v) is 7.46. The lowest BCUT2D eigenvalue weighted by molar-refractivity contribution is 0.268. The molecule has 0 bridgehead atoms. The van der Waals surface area contributed by atoms with Gasteiger partial charge in [0.2, 0.25) is 0 Å². The highest BCUT2D eigenvalue weighted by Gasteiger charge is 2.43. The van der Waals surface area contributed by atoms with Crippen molar-refractivity contribution in [3.05, 3.63) is 24.0 Å². The van der Waals surface area contributed by atoms with E-state index in [0.717, 1.165) is 17.9 Å². The van der Waals surface area contributed by atoms with Gasteiger partial charge in [0.15, 0.2) is 0 Å². The molecule has 1 N–H and O–H groups in total. The third-order valence-corrected chi connectivity index (χ3v) is 4.65. The average molecular weight is 262 g/mol. The maximum atomic E-state index is 14.3. The number of hydrogen-bond acceptors (Lipinski definition) is 2. The van der Waals surface area contributed by atoms with Gasteiger partial charge in [-0.1, -0.05) is 25.3 Å². The molecule has 1 aromatic carbocycles. The molecular weight excluding hydrogens is 239 g/mol. The average Bonchev–Trinajstić information content (AvgIpc) is 2.40. The smallest absolute Gasteiger partial charge is 0.148 e. The molecule has 19 heavy (non-hydrogen) atoms. The minimum absolute atomic E-state index is 0.0941. The lowest BCUT2D eigenvalue weighted by Crippen LogP contribution is -2.60. The Morgan fingerprint density at radius 2 is 1.95 bits per heavy atom. The van der Waals surface area contributed by atoms with E-state index in [-0.39, 0.29) is 11.4 Å². The van der Waals surface area contributed by atoms with Gasteiger partial charge in [-0.3, -0.25) is 0 Å². The van der Waals surface area contributed by atoms with Gasteiger partial charge in [-0.05, 0) is 38.8 Å². The van der Waals surface area contributed by atoms with Gasteiger partial charge in [0.1, 0.15) is 5.82 Å². The zero-order valence-corrected chi connectivity index (χ0v) is 11.9. The lowest BCUT2D eigenvalue weighted by Gasteiger charge is -2.53. The van der Waals surface area contributed by atoms with E-state index in [0.29, 0.717) is 6.04 Å². The molecule has 0 atom stereocenters. The van der Waals surface area contributed by atoms with Crippen LogP contribution in [-0.4, -0.2) is 18.1 Å². The van der Waals surface area contributed by atoms with Crippen molar-refractivity contribution in [3.63, 3.8) is 0 Å². The third kappa shape index (κ3) is 1.99. The highest BCUT2D eigenvalue weighted by atomic mass is 19.1. The van der Waals surface area contributed by atoms with Gasteiger partial charge in [0.25, 0.3) is 0 Å². The van der Waals surface area contributed by atoms with Crippen LogP contribution in [0.4, 0.5) is 15.8 Å². The molecule has 1 heterocycles. The molecule has 1 aliphatic heterocycles. The number of hydrogen-bond donors (Lipinski definition) is 1. The summed E-state index contributed by atoms with van der Waals surface area (Å²) >= 11 is 0. The van der Waals surface area contributed by atoms with Crippen molar-refractivity contribution in [3.8, 4) is 0 Å². The molecule has 1 aliphatic carbocycles. The van der Waals surface area contributed by atoms with Crippen LogP contribution in [0.3, 0.4) is 0 Å². The van der Waals surface area contributed by atoms with Crippen molar-refractivity contribution in [2.75, 3.05) is 16.8 Å². The molecule has 1 saturated carbocycles. The van der Waals surface area contributed by atoms with Crippen LogP contribution in [-0.2, 0) is 0 Å². The first-order valence-electron chi connectivity index (χ1n) is 7.46. The molecule has 1 aromatic rings. The van der Waals surface area contributed by atoms with Gasteiger partial charge in [-0.2, -0.15) is 0 Å². The molecule has 0 aromatic heterocycles. The summed E-state index contributed by atoms with van der Waals surface area (Å²) in [5, 5.41) is 3.47. The van der Waals surface area contributed by atoms with Crippen molar-refractivity contribution in [1.82, 2.24) is 0 Å². The molecule has 0 amide bonds. The number of halogens is 1. The molecule has 0 saturated heterocycles. The second kappa shape index (κ2) is 4.69. The molecule has 3 heteroatoms. The number of nitrogens with one attached hydrogen (secondary N) is 1. The van der Waals surface area contributed by atoms with E-state index in [2.05, 4.69) is 24.1 Å². The number of anilines is 2. The van der Waals surface area contributed by atoms with E-state index in [1.165, 1.54) is 32.1 Å². The zero-order chi connectivity index (χ0) is 13.5. The topological polar surface area (TPSA) is 15.3 Å². The second-order valence-corrected chi connectivity index (χ2v) is 6.24. The molecule has 0 radical (unpaired) electrons. The predicted octanol–water partition coefficient (Wildman–Crippen LogP) is 4.17. The van der Waals surface area contributed by atoms with E-state index < -0.39 is 0 Å². The standard InChI is InChI=1S/C16H23FN2/c1-12(2)19-15-13(17)7-6-8-14(15)18-11-16(19)9-4-3-5-10-16/h6-8,12,18H,3-5,9-11H2,1-2H3. The van der Waals surface area contributed by atoms with Crippen LogP contribution >= 0.6 is 0 Å². The molecule has 0 unspecified atom stereocenters. The van der Waals surface area contributed by atoms with Gasteiger partial charge in [-0.15, -0.1) is 0 Å². The number of benzene rings is 1. The Bertz CT molecular complexity index is 464.